The Morgan fingerprint density at radius 3 is 2.73 bits per heavy atom. The van der Waals surface area contributed by atoms with E-state index in [0.29, 0.717) is 17.4 Å². The number of pyridine rings is 1. The van der Waals surface area contributed by atoms with E-state index in [0.717, 1.165) is 42.4 Å². The van der Waals surface area contributed by atoms with Crippen LogP contribution in [0.25, 0.3) is 33.3 Å². The normalized spacial score (nSPS) is 19.9. The summed E-state index contributed by atoms with van der Waals surface area (Å²) in [5.41, 5.74) is 9.16. The van der Waals surface area contributed by atoms with Crippen LogP contribution in [-0.4, -0.2) is 51.6 Å². The molecule has 0 spiro atoms. The minimum atomic E-state index is -0.476. The Kier molecular flexibility index (Phi) is 4.65. The van der Waals surface area contributed by atoms with Crippen molar-refractivity contribution in [2.24, 2.45) is 0 Å². The molecule has 0 unspecified atom stereocenters. The number of aromatic nitrogens is 3. The number of fused-ring (bicyclic) bond motifs is 2. The molecule has 2 fully saturated rings. The van der Waals surface area contributed by atoms with E-state index in [9.17, 15) is 9.18 Å². The van der Waals surface area contributed by atoms with Gasteiger partial charge in [0, 0.05) is 37.4 Å². The fourth-order valence-electron chi connectivity index (χ4n) is 5.31. The molecule has 0 amide bonds. The Balaban J connectivity index is 1.35. The fraction of sp³-hybridized carbons (Fsp3) is 0.360. The van der Waals surface area contributed by atoms with Gasteiger partial charge in [-0.2, -0.15) is 0 Å². The molecule has 1 aliphatic carbocycles. The number of aromatic amines is 2. The predicted octanol–water partition coefficient (Wildman–Crippen LogP) is 3.86. The molecule has 0 bridgehead atoms. The third-order valence-electron chi connectivity index (χ3n) is 7.31. The van der Waals surface area contributed by atoms with Crippen molar-refractivity contribution in [2.75, 3.05) is 30.3 Å². The lowest BCUT2D eigenvalue weighted by molar-refractivity contribution is 0.106. The molecule has 6 rings (SSSR count). The molecule has 170 valence electrons. The number of nitrogens with one attached hydrogen (secondary N) is 2. The van der Waals surface area contributed by atoms with E-state index in [4.69, 9.17) is 5.73 Å². The molecule has 1 atom stereocenters. The van der Waals surface area contributed by atoms with E-state index in [1.54, 1.807) is 12.1 Å². The molecule has 2 aliphatic rings. The number of hydrogen-bond donors (Lipinski definition) is 3. The van der Waals surface area contributed by atoms with Crippen LogP contribution >= 0.6 is 0 Å². The lowest BCUT2D eigenvalue weighted by atomic mass is 9.90. The highest BCUT2D eigenvalue weighted by Crippen LogP contribution is 2.32. The number of rotatable bonds is 3. The summed E-state index contributed by atoms with van der Waals surface area (Å²) in [5, 5.41) is 0.200. The molecular weight excluding hydrogens is 419 g/mol. The van der Waals surface area contributed by atoms with Gasteiger partial charge < -0.3 is 20.6 Å². The van der Waals surface area contributed by atoms with Crippen LogP contribution in [0.4, 0.5) is 15.8 Å². The number of piperazine rings is 1. The van der Waals surface area contributed by atoms with Crippen LogP contribution < -0.4 is 16.2 Å². The van der Waals surface area contributed by atoms with Crippen LogP contribution in [0.3, 0.4) is 0 Å². The first-order valence-electron chi connectivity index (χ1n) is 11.6. The summed E-state index contributed by atoms with van der Waals surface area (Å²) >= 11 is 0. The predicted molar refractivity (Wildman–Crippen MR) is 130 cm³/mol. The van der Waals surface area contributed by atoms with Gasteiger partial charge in [-0.25, -0.2) is 9.37 Å². The lowest BCUT2D eigenvalue weighted by Gasteiger charge is -2.46. The Labute approximate surface area is 190 Å². The van der Waals surface area contributed by atoms with Crippen molar-refractivity contribution in [1.82, 2.24) is 19.9 Å². The van der Waals surface area contributed by atoms with Crippen LogP contribution in [-0.2, 0) is 0 Å². The second kappa shape index (κ2) is 7.59. The maximum atomic E-state index is 14.4. The van der Waals surface area contributed by atoms with E-state index in [1.807, 2.05) is 6.07 Å². The standard InChI is InChI=1S/C25H27FN6O/c1-14-13-31(15-4-2-5-15)10-11-32(14)16-8-9-18-20(12-16)29-24(28-18)22-23(27)21-17(26)6-3-7-19(21)30-25(22)33/h3,6-9,12,14-15H,2,4-5,10-11,13H2,1H3,(H,28,29)(H3,27,30,33)/t14-/m1/s1. The fourth-order valence-corrected chi connectivity index (χ4v) is 5.31. The van der Waals surface area contributed by atoms with E-state index in [1.165, 1.54) is 25.3 Å². The number of benzene rings is 2. The van der Waals surface area contributed by atoms with Gasteiger partial charge in [0.15, 0.2) is 0 Å². The van der Waals surface area contributed by atoms with Crippen molar-refractivity contribution < 1.29 is 4.39 Å². The average molecular weight is 447 g/mol. The first-order valence-corrected chi connectivity index (χ1v) is 11.6. The molecular formula is C25H27FN6O. The molecule has 8 heteroatoms. The molecule has 1 aliphatic heterocycles. The van der Waals surface area contributed by atoms with E-state index < -0.39 is 11.4 Å². The van der Waals surface area contributed by atoms with Gasteiger partial charge in [0.05, 0.1) is 27.6 Å². The summed E-state index contributed by atoms with van der Waals surface area (Å²) in [5.74, 6) is -0.134. The summed E-state index contributed by atoms with van der Waals surface area (Å²) in [6, 6.07) is 11.8. The van der Waals surface area contributed by atoms with Crippen molar-refractivity contribution in [3.05, 3.63) is 52.6 Å². The molecule has 33 heavy (non-hydrogen) atoms. The van der Waals surface area contributed by atoms with Crippen LogP contribution in [0.15, 0.2) is 41.2 Å². The topological polar surface area (TPSA) is 94.0 Å². The molecule has 2 aromatic heterocycles. The van der Waals surface area contributed by atoms with Crippen molar-refractivity contribution in [3.8, 4) is 11.4 Å². The molecule has 2 aromatic carbocycles. The van der Waals surface area contributed by atoms with Crippen LogP contribution in [0.2, 0.25) is 0 Å². The molecule has 0 radical (unpaired) electrons. The number of hydrogen-bond acceptors (Lipinski definition) is 5. The summed E-state index contributed by atoms with van der Waals surface area (Å²) in [4.78, 5) is 28.4. The molecule has 4 N–H and O–H groups in total. The number of nitrogen functional groups attached to an aromatic ring is 1. The van der Waals surface area contributed by atoms with Gasteiger partial charge in [-0.3, -0.25) is 9.69 Å². The molecule has 3 heterocycles. The van der Waals surface area contributed by atoms with Crippen molar-refractivity contribution >= 4 is 33.3 Å². The smallest absolute Gasteiger partial charge is 0.261 e. The minimum absolute atomic E-state index is 0.0897. The van der Waals surface area contributed by atoms with Crippen molar-refractivity contribution in [1.29, 1.82) is 0 Å². The zero-order valence-corrected chi connectivity index (χ0v) is 18.6. The number of anilines is 2. The third-order valence-corrected chi connectivity index (χ3v) is 7.31. The SMILES string of the molecule is C[C@@H]1CN(C2CCC2)CCN1c1ccc2[nH]c(-c3c(N)c4c(F)cccc4[nH]c3=O)nc2c1. The van der Waals surface area contributed by atoms with Gasteiger partial charge >= 0.3 is 0 Å². The highest BCUT2D eigenvalue weighted by Gasteiger charge is 2.31. The number of nitrogens with two attached hydrogens (primary N) is 1. The maximum absolute atomic E-state index is 14.4. The first kappa shape index (κ1) is 20.2. The number of nitrogens with zero attached hydrogens (tertiary/aromatic N) is 3. The van der Waals surface area contributed by atoms with E-state index in [-0.39, 0.29) is 16.6 Å². The molecule has 4 aromatic rings. The first-order chi connectivity index (χ1) is 16.0. The largest absolute Gasteiger partial charge is 0.397 e. The van der Waals surface area contributed by atoms with Crippen molar-refractivity contribution in [2.45, 2.75) is 38.3 Å². The van der Waals surface area contributed by atoms with E-state index >= 15 is 0 Å². The second-order valence-corrected chi connectivity index (χ2v) is 9.31. The monoisotopic (exact) mass is 446 g/mol. The minimum Gasteiger partial charge on any atom is -0.397 e. The summed E-state index contributed by atoms with van der Waals surface area (Å²) < 4.78 is 14.4. The average Bonchev–Trinajstić information content (AvgIpc) is 3.15. The van der Waals surface area contributed by atoms with Crippen LogP contribution in [0.5, 0.6) is 0 Å². The van der Waals surface area contributed by atoms with Gasteiger partial charge in [0.25, 0.3) is 5.56 Å². The maximum Gasteiger partial charge on any atom is 0.261 e. The van der Waals surface area contributed by atoms with Gasteiger partial charge in [-0.1, -0.05) is 12.5 Å². The molecule has 7 nitrogen and oxygen atoms in total. The quantitative estimate of drug-likeness (QED) is 0.444. The zero-order valence-electron chi connectivity index (χ0n) is 18.6. The third kappa shape index (κ3) is 3.28. The lowest BCUT2D eigenvalue weighted by Crippen LogP contribution is -2.56. The molecule has 1 saturated carbocycles. The Bertz CT molecular complexity index is 1420. The number of halogens is 1. The zero-order chi connectivity index (χ0) is 22.7. The number of H-pyrrole nitrogens is 2. The van der Waals surface area contributed by atoms with Gasteiger partial charge in [0.1, 0.15) is 17.2 Å². The summed E-state index contributed by atoms with van der Waals surface area (Å²) in [6.07, 6.45) is 4.01. The summed E-state index contributed by atoms with van der Waals surface area (Å²) in [6.45, 7) is 5.41. The van der Waals surface area contributed by atoms with Crippen LogP contribution in [0, 0.1) is 5.82 Å². The Morgan fingerprint density at radius 1 is 1.12 bits per heavy atom. The van der Waals surface area contributed by atoms with Crippen molar-refractivity contribution in [3.63, 3.8) is 0 Å². The highest BCUT2D eigenvalue weighted by molar-refractivity contribution is 5.98. The number of imidazole rings is 1. The van der Waals surface area contributed by atoms with Gasteiger partial charge in [-0.15, -0.1) is 0 Å². The summed E-state index contributed by atoms with van der Waals surface area (Å²) in [7, 11) is 0. The second-order valence-electron chi connectivity index (χ2n) is 9.31. The Morgan fingerprint density at radius 2 is 1.97 bits per heavy atom. The molecule has 1 saturated heterocycles. The van der Waals surface area contributed by atoms with E-state index in [2.05, 4.69) is 43.8 Å². The van der Waals surface area contributed by atoms with Gasteiger partial charge in [0.2, 0.25) is 0 Å². The van der Waals surface area contributed by atoms with Crippen LogP contribution in [0.1, 0.15) is 26.2 Å². The highest BCUT2D eigenvalue weighted by atomic mass is 19.1. The Hall–Kier alpha value is -3.39. The van der Waals surface area contributed by atoms with Gasteiger partial charge in [-0.05, 0) is 50.1 Å².